The Morgan fingerprint density at radius 1 is 1.08 bits per heavy atom. The van der Waals surface area contributed by atoms with Gasteiger partial charge < -0.3 is 10.3 Å². The number of halogens is 4. The highest BCUT2D eigenvalue weighted by atomic mass is 35.5. The summed E-state index contributed by atoms with van der Waals surface area (Å²) in [6.07, 6.45) is 2.93. The first-order valence-corrected chi connectivity index (χ1v) is 13.2. The van der Waals surface area contributed by atoms with Gasteiger partial charge in [-0.15, -0.1) is 0 Å². The summed E-state index contributed by atoms with van der Waals surface area (Å²) < 4.78 is 55.4. The van der Waals surface area contributed by atoms with E-state index in [1.54, 1.807) is 6.92 Å². The summed E-state index contributed by atoms with van der Waals surface area (Å²) in [5, 5.41) is 3.15. The second-order valence-corrected chi connectivity index (χ2v) is 10.6. The number of carbonyl (C=O) groups excluding carboxylic acids is 2. The summed E-state index contributed by atoms with van der Waals surface area (Å²) >= 11 is 11.9. The molecule has 0 saturated carbocycles. The molecule has 4 rings (SSSR count). The van der Waals surface area contributed by atoms with E-state index in [4.69, 9.17) is 23.2 Å². The fourth-order valence-corrected chi connectivity index (χ4v) is 5.00. The molecule has 2 aromatic heterocycles. The highest BCUT2D eigenvalue weighted by Gasteiger charge is 2.24. The first-order valence-electron chi connectivity index (χ1n) is 10.8. The van der Waals surface area contributed by atoms with Crippen molar-refractivity contribution in [2.24, 2.45) is 0 Å². The summed E-state index contributed by atoms with van der Waals surface area (Å²) in [5.41, 5.74) is -0.716. The number of aromatic amines is 1. The van der Waals surface area contributed by atoms with E-state index in [2.05, 4.69) is 15.3 Å². The van der Waals surface area contributed by atoms with Gasteiger partial charge in [-0.25, -0.2) is 22.2 Å². The Balaban J connectivity index is 1.64. The third-order valence-electron chi connectivity index (χ3n) is 5.27. The van der Waals surface area contributed by atoms with Crippen molar-refractivity contribution in [3.63, 3.8) is 0 Å². The third-order valence-corrected chi connectivity index (χ3v) is 7.49. The SMILES string of the molecule is CCCS(=O)(=O)Nc1ccc(F)c(C(=O)Nc2cnc3[nH]cc(C(=O)c4ccc(Cl)c(Cl)c4)c3c2)c1F. The number of hydrogen-bond donors (Lipinski definition) is 3. The number of H-pyrrole nitrogens is 1. The van der Waals surface area contributed by atoms with E-state index in [0.29, 0.717) is 11.0 Å². The highest BCUT2D eigenvalue weighted by molar-refractivity contribution is 7.92. The maximum Gasteiger partial charge on any atom is 0.261 e. The Morgan fingerprint density at radius 2 is 1.84 bits per heavy atom. The Hall–Kier alpha value is -3.54. The molecule has 0 spiro atoms. The van der Waals surface area contributed by atoms with Crippen molar-refractivity contribution < 1.29 is 26.8 Å². The van der Waals surface area contributed by atoms with Gasteiger partial charge in [-0.05, 0) is 42.8 Å². The Kier molecular flexibility index (Phi) is 7.49. The van der Waals surface area contributed by atoms with Crippen LogP contribution in [0.15, 0.2) is 48.8 Å². The topological polar surface area (TPSA) is 121 Å². The molecule has 192 valence electrons. The van der Waals surface area contributed by atoms with Crippen LogP contribution in [0.4, 0.5) is 20.2 Å². The van der Waals surface area contributed by atoms with Gasteiger partial charge in [0.2, 0.25) is 10.0 Å². The van der Waals surface area contributed by atoms with Crippen LogP contribution in [0.2, 0.25) is 10.0 Å². The fourth-order valence-electron chi connectivity index (χ4n) is 3.57. The molecule has 3 N–H and O–H groups in total. The van der Waals surface area contributed by atoms with Gasteiger partial charge in [0.1, 0.15) is 17.0 Å². The molecule has 0 aliphatic heterocycles. The minimum atomic E-state index is -3.89. The van der Waals surface area contributed by atoms with Gasteiger partial charge >= 0.3 is 0 Å². The number of carbonyl (C=O) groups is 2. The number of nitrogens with zero attached hydrogens (tertiary/aromatic N) is 1. The van der Waals surface area contributed by atoms with Crippen LogP contribution >= 0.6 is 23.2 Å². The minimum Gasteiger partial charge on any atom is -0.345 e. The van der Waals surface area contributed by atoms with Crippen molar-refractivity contribution in [1.82, 2.24) is 9.97 Å². The van der Waals surface area contributed by atoms with Crippen molar-refractivity contribution in [2.75, 3.05) is 15.8 Å². The normalized spacial score (nSPS) is 11.5. The standard InChI is InChI=1S/C24H18Cl2F2N4O4S/c1-2-7-37(35,36)32-19-6-5-18(27)20(21(19)28)24(34)31-13-9-14-15(11-30-23(14)29-10-13)22(33)12-3-4-16(25)17(26)8-12/h3-6,8-11,32H,2,7H2,1H3,(H,29,30)(H,31,34). The van der Waals surface area contributed by atoms with Gasteiger partial charge in [0.15, 0.2) is 11.6 Å². The number of hydrogen-bond acceptors (Lipinski definition) is 5. The smallest absolute Gasteiger partial charge is 0.261 e. The number of ketones is 1. The van der Waals surface area contributed by atoms with Crippen molar-refractivity contribution in [3.8, 4) is 0 Å². The van der Waals surface area contributed by atoms with E-state index in [9.17, 15) is 26.8 Å². The predicted molar refractivity (Wildman–Crippen MR) is 138 cm³/mol. The lowest BCUT2D eigenvalue weighted by Crippen LogP contribution is -2.20. The van der Waals surface area contributed by atoms with E-state index in [-0.39, 0.29) is 39.0 Å². The van der Waals surface area contributed by atoms with Gasteiger partial charge in [0.05, 0.1) is 33.4 Å². The summed E-state index contributed by atoms with van der Waals surface area (Å²) in [5.74, 6) is -4.43. The molecule has 13 heteroatoms. The first kappa shape index (κ1) is 26.5. The van der Waals surface area contributed by atoms with Crippen LogP contribution in [0.1, 0.15) is 39.6 Å². The lowest BCUT2D eigenvalue weighted by Gasteiger charge is -2.12. The number of nitrogens with one attached hydrogen (secondary N) is 3. The van der Waals surface area contributed by atoms with E-state index in [0.717, 1.165) is 12.1 Å². The average molecular weight is 567 g/mol. The van der Waals surface area contributed by atoms with E-state index in [1.165, 1.54) is 36.7 Å². The number of amides is 1. The van der Waals surface area contributed by atoms with Crippen molar-refractivity contribution in [2.45, 2.75) is 13.3 Å². The molecule has 2 heterocycles. The summed E-state index contributed by atoms with van der Waals surface area (Å²) in [6, 6.07) is 7.48. The molecule has 0 fully saturated rings. The van der Waals surface area contributed by atoms with Gasteiger partial charge in [-0.3, -0.25) is 14.3 Å². The third kappa shape index (κ3) is 5.58. The van der Waals surface area contributed by atoms with Gasteiger partial charge in [0.25, 0.3) is 5.91 Å². The number of rotatable bonds is 8. The zero-order chi connectivity index (χ0) is 26.9. The van der Waals surface area contributed by atoms with E-state index in [1.807, 2.05) is 4.72 Å². The van der Waals surface area contributed by atoms with Crippen LogP contribution in [-0.4, -0.2) is 35.8 Å². The largest absolute Gasteiger partial charge is 0.345 e. The molecule has 0 saturated heterocycles. The van der Waals surface area contributed by atoms with Crippen molar-refractivity contribution in [3.05, 3.63) is 87.2 Å². The van der Waals surface area contributed by atoms with Crippen LogP contribution in [0.5, 0.6) is 0 Å². The number of fused-ring (bicyclic) bond motifs is 1. The maximum atomic E-state index is 15.0. The van der Waals surface area contributed by atoms with Crippen LogP contribution in [0.25, 0.3) is 11.0 Å². The minimum absolute atomic E-state index is 0.0380. The molecule has 37 heavy (non-hydrogen) atoms. The molecule has 0 radical (unpaired) electrons. The number of pyridine rings is 1. The molecule has 0 aliphatic carbocycles. The second kappa shape index (κ2) is 10.4. The van der Waals surface area contributed by atoms with Gasteiger partial charge in [0, 0.05) is 22.7 Å². The number of benzene rings is 2. The van der Waals surface area contributed by atoms with Crippen molar-refractivity contribution >= 4 is 67.3 Å². The van der Waals surface area contributed by atoms with Gasteiger partial charge in [-0.2, -0.15) is 0 Å². The molecule has 2 aromatic carbocycles. The maximum absolute atomic E-state index is 15.0. The number of sulfonamides is 1. The lowest BCUT2D eigenvalue weighted by molar-refractivity contribution is 0.101. The Morgan fingerprint density at radius 3 is 2.54 bits per heavy atom. The molecular weight excluding hydrogens is 549 g/mol. The number of aromatic nitrogens is 2. The molecule has 0 aliphatic rings. The Bertz CT molecular complexity index is 1660. The molecule has 0 unspecified atom stereocenters. The zero-order valence-electron chi connectivity index (χ0n) is 19.0. The molecule has 1 amide bonds. The van der Waals surface area contributed by atoms with Crippen molar-refractivity contribution in [1.29, 1.82) is 0 Å². The molecule has 0 atom stereocenters. The molecule has 0 bridgehead atoms. The summed E-state index contributed by atoms with van der Waals surface area (Å²) in [7, 11) is -3.89. The van der Waals surface area contributed by atoms with Crippen LogP contribution in [0, 0.1) is 11.6 Å². The zero-order valence-corrected chi connectivity index (χ0v) is 21.4. The average Bonchev–Trinajstić information content (AvgIpc) is 3.25. The first-order chi connectivity index (χ1) is 17.5. The lowest BCUT2D eigenvalue weighted by atomic mass is 10.0. The van der Waals surface area contributed by atoms with E-state index < -0.39 is 44.6 Å². The monoisotopic (exact) mass is 566 g/mol. The van der Waals surface area contributed by atoms with Crippen LogP contribution in [0.3, 0.4) is 0 Å². The van der Waals surface area contributed by atoms with Crippen LogP contribution in [-0.2, 0) is 10.0 Å². The Labute approximate surface area is 220 Å². The summed E-state index contributed by atoms with van der Waals surface area (Å²) in [4.78, 5) is 32.8. The van der Waals surface area contributed by atoms with Gasteiger partial charge in [-0.1, -0.05) is 30.1 Å². The number of anilines is 2. The van der Waals surface area contributed by atoms with Crippen LogP contribution < -0.4 is 10.0 Å². The van der Waals surface area contributed by atoms with E-state index >= 15 is 0 Å². The molecular formula is C24H18Cl2F2N4O4S. The summed E-state index contributed by atoms with van der Waals surface area (Å²) in [6.45, 7) is 1.62. The fraction of sp³-hybridized carbons (Fsp3) is 0.125. The molecule has 8 nitrogen and oxygen atoms in total. The predicted octanol–water partition coefficient (Wildman–Crippen LogP) is 5.78. The highest BCUT2D eigenvalue weighted by Crippen LogP contribution is 2.28. The second-order valence-electron chi connectivity index (χ2n) is 7.94. The quantitative estimate of drug-likeness (QED) is 0.233. The molecule has 4 aromatic rings.